The zero-order valence-electron chi connectivity index (χ0n) is 15.9. The largest absolute Gasteiger partial charge is 0.370 e. The Hall–Kier alpha value is -3.21. The summed E-state index contributed by atoms with van der Waals surface area (Å²) in [5.41, 5.74) is 2.43. The summed E-state index contributed by atoms with van der Waals surface area (Å²) < 4.78 is 0. The van der Waals surface area contributed by atoms with E-state index in [4.69, 9.17) is 0 Å². The van der Waals surface area contributed by atoms with Crippen molar-refractivity contribution < 1.29 is 4.79 Å². The first-order valence-electron chi connectivity index (χ1n) is 9.07. The number of ketones is 1. The third-order valence-corrected chi connectivity index (χ3v) is 3.99. The van der Waals surface area contributed by atoms with Gasteiger partial charge in [-0.2, -0.15) is 0 Å². The fourth-order valence-corrected chi connectivity index (χ4v) is 2.59. The number of anilines is 3. The van der Waals surface area contributed by atoms with Crippen LogP contribution in [0.1, 0.15) is 31.1 Å². The zero-order valence-corrected chi connectivity index (χ0v) is 15.9. The van der Waals surface area contributed by atoms with Gasteiger partial charge in [0.25, 0.3) is 0 Å². The molecule has 1 aromatic heterocycles. The van der Waals surface area contributed by atoms with Crippen LogP contribution < -0.4 is 10.6 Å². The van der Waals surface area contributed by atoms with Crippen molar-refractivity contribution in [2.75, 3.05) is 17.2 Å². The van der Waals surface area contributed by atoms with Gasteiger partial charge in [-0.25, -0.2) is 9.97 Å². The lowest BCUT2D eigenvalue weighted by Gasteiger charge is -2.13. The summed E-state index contributed by atoms with van der Waals surface area (Å²) in [6, 6.07) is 19.2. The van der Waals surface area contributed by atoms with Gasteiger partial charge in [0.15, 0.2) is 11.6 Å². The summed E-state index contributed by atoms with van der Waals surface area (Å²) in [5.74, 6) is 2.63. The van der Waals surface area contributed by atoms with Crippen LogP contribution in [0.2, 0.25) is 0 Å². The molecule has 0 atom stereocenters. The smallest absolute Gasteiger partial charge is 0.163 e. The topological polar surface area (TPSA) is 66.9 Å². The van der Waals surface area contributed by atoms with Crippen LogP contribution in [0.15, 0.2) is 60.7 Å². The predicted octanol–water partition coefficient (Wildman–Crippen LogP) is 5.16. The van der Waals surface area contributed by atoms with Gasteiger partial charge in [-0.05, 0) is 25.0 Å². The second-order valence-corrected chi connectivity index (χ2v) is 6.86. The number of carbonyl (C=O) groups is 1. The van der Waals surface area contributed by atoms with E-state index < -0.39 is 0 Å². The SMILES string of the molecule is CC(=O)c1cccc(Nc2cc(NCC(C)C)nc(-c3ccccc3)n2)c1. The Morgan fingerprint density at radius 1 is 0.963 bits per heavy atom. The fourth-order valence-electron chi connectivity index (χ4n) is 2.59. The van der Waals surface area contributed by atoms with Gasteiger partial charge in [0.2, 0.25) is 0 Å². The number of hydrogen-bond acceptors (Lipinski definition) is 5. The Morgan fingerprint density at radius 3 is 2.41 bits per heavy atom. The van der Waals surface area contributed by atoms with Crippen LogP contribution in [-0.2, 0) is 0 Å². The maximum atomic E-state index is 11.6. The lowest BCUT2D eigenvalue weighted by atomic mass is 10.1. The standard InChI is InChI=1S/C22H24N4O/c1-15(2)14-23-20-13-21(24-19-11-7-10-18(12-19)16(3)27)26-22(25-20)17-8-5-4-6-9-17/h4-13,15H,14H2,1-3H3,(H2,23,24,25,26). The lowest BCUT2D eigenvalue weighted by Crippen LogP contribution is -2.10. The number of aromatic nitrogens is 2. The average Bonchev–Trinajstić information content (AvgIpc) is 2.67. The van der Waals surface area contributed by atoms with Crippen molar-refractivity contribution >= 4 is 23.1 Å². The minimum atomic E-state index is 0.0330. The van der Waals surface area contributed by atoms with Gasteiger partial charge >= 0.3 is 0 Å². The molecule has 0 bridgehead atoms. The number of Topliss-reactive ketones (excluding diaryl/α,β-unsaturated/α-hetero) is 1. The minimum Gasteiger partial charge on any atom is -0.370 e. The molecule has 0 amide bonds. The van der Waals surface area contributed by atoms with E-state index in [-0.39, 0.29) is 5.78 Å². The number of hydrogen-bond donors (Lipinski definition) is 2. The summed E-state index contributed by atoms with van der Waals surface area (Å²) >= 11 is 0. The third-order valence-electron chi connectivity index (χ3n) is 3.99. The molecule has 3 aromatic rings. The van der Waals surface area contributed by atoms with E-state index in [1.165, 1.54) is 0 Å². The third kappa shape index (κ3) is 5.14. The molecule has 2 aromatic carbocycles. The number of benzene rings is 2. The van der Waals surface area contributed by atoms with E-state index in [0.717, 1.165) is 23.6 Å². The molecule has 0 saturated carbocycles. The van der Waals surface area contributed by atoms with E-state index in [1.807, 2.05) is 54.6 Å². The van der Waals surface area contributed by atoms with Crippen molar-refractivity contribution in [3.8, 4) is 11.4 Å². The Bertz CT molecular complexity index is 923. The number of rotatable bonds is 7. The normalized spacial score (nSPS) is 10.7. The molecule has 27 heavy (non-hydrogen) atoms. The summed E-state index contributed by atoms with van der Waals surface area (Å²) in [6.45, 7) is 6.69. The maximum absolute atomic E-state index is 11.6. The Labute approximate surface area is 159 Å². The molecular formula is C22H24N4O. The van der Waals surface area contributed by atoms with Crippen LogP contribution in [0, 0.1) is 5.92 Å². The summed E-state index contributed by atoms with van der Waals surface area (Å²) in [6.07, 6.45) is 0. The van der Waals surface area contributed by atoms with E-state index in [2.05, 4.69) is 34.4 Å². The number of carbonyl (C=O) groups excluding carboxylic acids is 1. The van der Waals surface area contributed by atoms with Gasteiger partial charge in [-0.15, -0.1) is 0 Å². The highest BCUT2D eigenvalue weighted by atomic mass is 16.1. The molecule has 0 fully saturated rings. The minimum absolute atomic E-state index is 0.0330. The molecule has 0 aliphatic carbocycles. The van der Waals surface area contributed by atoms with E-state index in [0.29, 0.717) is 23.1 Å². The molecular weight excluding hydrogens is 336 g/mol. The van der Waals surface area contributed by atoms with Crippen molar-refractivity contribution in [2.45, 2.75) is 20.8 Å². The molecule has 0 aliphatic rings. The highest BCUT2D eigenvalue weighted by Crippen LogP contribution is 2.23. The molecule has 1 heterocycles. The number of nitrogens with one attached hydrogen (secondary N) is 2. The maximum Gasteiger partial charge on any atom is 0.163 e. The van der Waals surface area contributed by atoms with Gasteiger partial charge in [-0.3, -0.25) is 4.79 Å². The van der Waals surface area contributed by atoms with Crippen molar-refractivity contribution in [1.29, 1.82) is 0 Å². The molecule has 2 N–H and O–H groups in total. The average molecular weight is 360 g/mol. The van der Waals surface area contributed by atoms with Gasteiger partial charge < -0.3 is 10.6 Å². The van der Waals surface area contributed by atoms with Crippen LogP contribution >= 0.6 is 0 Å². The second kappa shape index (κ2) is 8.45. The predicted molar refractivity (Wildman–Crippen MR) is 111 cm³/mol. The van der Waals surface area contributed by atoms with Crippen LogP contribution in [-0.4, -0.2) is 22.3 Å². The van der Waals surface area contributed by atoms with E-state index in [1.54, 1.807) is 13.0 Å². The van der Waals surface area contributed by atoms with Crippen molar-refractivity contribution in [3.63, 3.8) is 0 Å². The Kier molecular flexibility index (Phi) is 5.81. The van der Waals surface area contributed by atoms with Crippen molar-refractivity contribution in [3.05, 3.63) is 66.2 Å². The van der Waals surface area contributed by atoms with E-state index >= 15 is 0 Å². The molecule has 5 heteroatoms. The van der Waals surface area contributed by atoms with Gasteiger partial charge in [-0.1, -0.05) is 56.3 Å². The van der Waals surface area contributed by atoms with Crippen LogP contribution in [0.5, 0.6) is 0 Å². The molecule has 0 saturated heterocycles. The van der Waals surface area contributed by atoms with Crippen LogP contribution in [0.3, 0.4) is 0 Å². The first-order chi connectivity index (χ1) is 13.0. The zero-order chi connectivity index (χ0) is 19.2. The first-order valence-corrected chi connectivity index (χ1v) is 9.07. The molecule has 0 radical (unpaired) electrons. The Balaban J connectivity index is 1.94. The summed E-state index contributed by atoms with van der Waals surface area (Å²) in [7, 11) is 0. The Morgan fingerprint density at radius 2 is 1.70 bits per heavy atom. The number of nitrogens with zero attached hydrogens (tertiary/aromatic N) is 2. The van der Waals surface area contributed by atoms with Gasteiger partial charge in [0.1, 0.15) is 11.6 Å². The quantitative estimate of drug-likeness (QED) is 0.570. The molecule has 3 rings (SSSR count). The monoisotopic (exact) mass is 360 g/mol. The highest BCUT2D eigenvalue weighted by molar-refractivity contribution is 5.95. The molecule has 0 spiro atoms. The molecule has 138 valence electrons. The highest BCUT2D eigenvalue weighted by Gasteiger charge is 2.09. The molecule has 0 aliphatic heterocycles. The summed E-state index contributed by atoms with van der Waals surface area (Å²) in [4.78, 5) is 20.9. The van der Waals surface area contributed by atoms with Crippen molar-refractivity contribution in [1.82, 2.24) is 9.97 Å². The molecule has 5 nitrogen and oxygen atoms in total. The lowest BCUT2D eigenvalue weighted by molar-refractivity contribution is 0.101. The first kappa shape index (κ1) is 18.6. The second-order valence-electron chi connectivity index (χ2n) is 6.86. The van der Waals surface area contributed by atoms with Gasteiger partial charge in [0, 0.05) is 29.4 Å². The van der Waals surface area contributed by atoms with Crippen LogP contribution in [0.25, 0.3) is 11.4 Å². The fraction of sp³-hybridized carbons (Fsp3) is 0.227. The van der Waals surface area contributed by atoms with E-state index in [9.17, 15) is 4.79 Å². The summed E-state index contributed by atoms with van der Waals surface area (Å²) in [5, 5.41) is 6.66. The molecule has 0 unspecified atom stereocenters. The van der Waals surface area contributed by atoms with Crippen molar-refractivity contribution in [2.24, 2.45) is 5.92 Å². The van der Waals surface area contributed by atoms with Gasteiger partial charge in [0.05, 0.1) is 0 Å². The van der Waals surface area contributed by atoms with Crippen LogP contribution in [0.4, 0.5) is 17.3 Å².